The van der Waals surface area contributed by atoms with E-state index in [-0.39, 0.29) is 11.6 Å². The number of nitrogens with zero attached hydrogens (tertiary/aromatic N) is 4. The number of benzene rings is 1. The molecule has 7 nitrogen and oxygen atoms in total. The minimum absolute atomic E-state index is 0.180. The molecule has 0 aromatic heterocycles. The number of allylic oxidation sites excluding steroid dienone is 3. The van der Waals surface area contributed by atoms with Gasteiger partial charge in [0, 0.05) is 27.8 Å². The van der Waals surface area contributed by atoms with E-state index in [2.05, 4.69) is 15.0 Å². The lowest BCUT2D eigenvalue weighted by Gasteiger charge is -2.31. The van der Waals surface area contributed by atoms with Crippen molar-refractivity contribution >= 4 is 63.8 Å². The quantitative estimate of drug-likeness (QED) is 0.731. The Labute approximate surface area is 174 Å². The summed E-state index contributed by atoms with van der Waals surface area (Å²) in [5.74, 6) is -1.27. The smallest absolute Gasteiger partial charge is 0.272 e. The fourth-order valence-corrected chi connectivity index (χ4v) is 4.88. The van der Waals surface area contributed by atoms with Crippen molar-refractivity contribution in [3.63, 3.8) is 0 Å². The lowest BCUT2D eigenvalue weighted by Crippen LogP contribution is -2.49. The second-order valence-electron chi connectivity index (χ2n) is 6.51. The number of aliphatic imine (C=N–C) groups is 3. The predicted octanol–water partition coefficient (Wildman–Crippen LogP) is 3.28. The molecular formula is C20H11ClN4O3S. The molecule has 0 aliphatic carbocycles. The van der Waals surface area contributed by atoms with Crippen LogP contribution in [0.5, 0.6) is 0 Å². The van der Waals surface area contributed by atoms with Crippen LogP contribution in [0.25, 0.3) is 4.91 Å². The maximum atomic E-state index is 13.2. The zero-order valence-electron chi connectivity index (χ0n) is 14.7. The lowest BCUT2D eigenvalue weighted by atomic mass is 9.96. The van der Waals surface area contributed by atoms with Crippen molar-refractivity contribution in [2.45, 2.75) is 5.25 Å². The number of fused-ring (bicyclic) bond motifs is 2. The maximum absolute atomic E-state index is 13.2. The Balaban J connectivity index is 1.49. The van der Waals surface area contributed by atoms with E-state index in [9.17, 15) is 14.4 Å². The number of carbonyl (C=O) groups excluding carboxylic acids is 3. The third-order valence-electron chi connectivity index (χ3n) is 4.73. The number of imide groups is 1. The summed E-state index contributed by atoms with van der Waals surface area (Å²) < 4.78 is 0. The SMILES string of the molecule is O=C1C=CC2C=NC=C(N3C(=O)N=C4C=C(c5ccccc5Cl)SC4C3=O)C2=N1. The van der Waals surface area contributed by atoms with Gasteiger partial charge in [0.05, 0.1) is 29.2 Å². The van der Waals surface area contributed by atoms with E-state index < -0.39 is 23.1 Å². The van der Waals surface area contributed by atoms with Gasteiger partial charge < -0.3 is 0 Å². The van der Waals surface area contributed by atoms with E-state index in [1.807, 2.05) is 18.2 Å². The van der Waals surface area contributed by atoms with Gasteiger partial charge in [-0.05, 0) is 12.1 Å². The van der Waals surface area contributed by atoms with E-state index >= 15 is 0 Å². The molecule has 5 rings (SSSR count). The summed E-state index contributed by atoms with van der Waals surface area (Å²) in [6.45, 7) is 0. The van der Waals surface area contributed by atoms with Gasteiger partial charge in [-0.3, -0.25) is 14.6 Å². The van der Waals surface area contributed by atoms with Crippen LogP contribution in [0.4, 0.5) is 4.79 Å². The molecule has 4 aliphatic heterocycles. The number of hydrogen-bond donors (Lipinski definition) is 0. The Morgan fingerprint density at radius 3 is 2.76 bits per heavy atom. The molecule has 2 unspecified atom stereocenters. The predicted molar refractivity (Wildman–Crippen MR) is 112 cm³/mol. The van der Waals surface area contributed by atoms with Gasteiger partial charge in [0.15, 0.2) is 0 Å². The Kier molecular flexibility index (Phi) is 4.18. The molecule has 29 heavy (non-hydrogen) atoms. The summed E-state index contributed by atoms with van der Waals surface area (Å²) in [4.78, 5) is 51.6. The third kappa shape index (κ3) is 2.92. The molecule has 9 heteroatoms. The average Bonchev–Trinajstić information content (AvgIpc) is 3.12. The monoisotopic (exact) mass is 422 g/mol. The Morgan fingerprint density at radius 1 is 1.10 bits per heavy atom. The number of halogens is 1. The van der Waals surface area contributed by atoms with Crippen LogP contribution >= 0.6 is 23.4 Å². The molecule has 0 fully saturated rings. The van der Waals surface area contributed by atoms with E-state index in [0.29, 0.717) is 16.4 Å². The molecule has 2 atom stereocenters. The number of amides is 4. The second-order valence-corrected chi connectivity index (χ2v) is 8.07. The number of carbonyl (C=O) groups is 3. The number of hydrogen-bond acceptors (Lipinski definition) is 5. The highest BCUT2D eigenvalue weighted by molar-refractivity contribution is 8.10. The average molecular weight is 423 g/mol. The van der Waals surface area contributed by atoms with Crippen LogP contribution in [-0.4, -0.2) is 45.6 Å². The van der Waals surface area contributed by atoms with Crippen LogP contribution < -0.4 is 0 Å². The minimum atomic E-state index is -0.731. The highest BCUT2D eigenvalue weighted by Gasteiger charge is 2.44. The van der Waals surface area contributed by atoms with Gasteiger partial charge in [-0.15, -0.1) is 11.8 Å². The summed E-state index contributed by atoms with van der Waals surface area (Å²) in [6.07, 6.45) is 7.65. The first-order valence-electron chi connectivity index (χ1n) is 8.67. The first-order valence-corrected chi connectivity index (χ1v) is 9.93. The summed E-state index contributed by atoms with van der Waals surface area (Å²) in [6, 6.07) is 6.55. The van der Waals surface area contributed by atoms with Crippen LogP contribution in [0.15, 0.2) is 69.4 Å². The van der Waals surface area contributed by atoms with Gasteiger partial charge in [-0.1, -0.05) is 35.9 Å². The minimum Gasteiger partial charge on any atom is -0.272 e. The van der Waals surface area contributed by atoms with Gasteiger partial charge in [-0.25, -0.2) is 14.7 Å². The van der Waals surface area contributed by atoms with Gasteiger partial charge >= 0.3 is 6.03 Å². The van der Waals surface area contributed by atoms with Gasteiger partial charge in [-0.2, -0.15) is 4.99 Å². The summed E-state index contributed by atoms with van der Waals surface area (Å²) in [5.41, 5.74) is 1.65. The van der Waals surface area contributed by atoms with Gasteiger partial charge in [0.25, 0.3) is 11.8 Å². The van der Waals surface area contributed by atoms with Gasteiger partial charge in [0.1, 0.15) is 5.25 Å². The lowest BCUT2D eigenvalue weighted by molar-refractivity contribution is -0.125. The number of urea groups is 1. The maximum Gasteiger partial charge on any atom is 0.355 e. The van der Waals surface area contributed by atoms with E-state index in [4.69, 9.17) is 11.6 Å². The van der Waals surface area contributed by atoms with E-state index in [1.165, 1.54) is 24.0 Å². The fourth-order valence-electron chi connectivity index (χ4n) is 3.40. The van der Waals surface area contributed by atoms with Crippen molar-refractivity contribution in [2.24, 2.45) is 20.9 Å². The van der Waals surface area contributed by atoms with E-state index in [0.717, 1.165) is 15.4 Å². The molecular weight excluding hydrogens is 412 g/mol. The van der Waals surface area contributed by atoms with Crippen molar-refractivity contribution in [3.05, 3.63) is 65.0 Å². The molecule has 0 spiro atoms. The summed E-state index contributed by atoms with van der Waals surface area (Å²) in [5, 5.41) is -0.130. The molecule has 0 bridgehead atoms. The van der Waals surface area contributed by atoms with Crippen LogP contribution in [0.2, 0.25) is 5.02 Å². The highest BCUT2D eigenvalue weighted by Crippen LogP contribution is 2.43. The van der Waals surface area contributed by atoms with Gasteiger partial charge in [0.2, 0.25) is 0 Å². The molecule has 4 heterocycles. The molecule has 0 radical (unpaired) electrons. The Morgan fingerprint density at radius 2 is 1.93 bits per heavy atom. The summed E-state index contributed by atoms with van der Waals surface area (Å²) >= 11 is 7.56. The second kappa shape index (κ2) is 6.75. The van der Waals surface area contributed by atoms with Crippen molar-refractivity contribution in [2.75, 3.05) is 0 Å². The zero-order valence-corrected chi connectivity index (χ0v) is 16.2. The number of rotatable bonds is 2. The largest absolute Gasteiger partial charge is 0.355 e. The fraction of sp³-hybridized carbons (Fsp3) is 0.100. The van der Waals surface area contributed by atoms with Crippen LogP contribution in [-0.2, 0) is 9.59 Å². The molecule has 4 amide bonds. The van der Waals surface area contributed by atoms with Crippen LogP contribution in [0, 0.1) is 5.92 Å². The standard InChI is InChI=1S/C20H11ClN4O3S/c21-12-4-2-1-3-11(12)15-7-13-18(29-15)19(27)25(20(28)23-13)14-9-22-8-10-5-6-16(26)24-17(10)14/h1-10,18H. The Hall–Kier alpha value is -3.10. The van der Waals surface area contributed by atoms with Crippen LogP contribution in [0.3, 0.4) is 0 Å². The van der Waals surface area contributed by atoms with Crippen LogP contribution in [0.1, 0.15) is 5.56 Å². The summed E-state index contributed by atoms with van der Waals surface area (Å²) in [7, 11) is 0. The zero-order chi connectivity index (χ0) is 20.1. The normalized spacial score (nSPS) is 25.3. The van der Waals surface area contributed by atoms with Crippen molar-refractivity contribution < 1.29 is 14.4 Å². The van der Waals surface area contributed by atoms with Crippen molar-refractivity contribution in [1.29, 1.82) is 0 Å². The Bertz CT molecular complexity index is 1180. The highest BCUT2D eigenvalue weighted by atomic mass is 35.5. The topological polar surface area (TPSA) is 91.5 Å². The molecule has 142 valence electrons. The first-order chi connectivity index (χ1) is 14.0. The molecule has 0 N–H and O–H groups in total. The first kappa shape index (κ1) is 18.0. The molecule has 0 saturated heterocycles. The van der Waals surface area contributed by atoms with E-state index in [1.54, 1.807) is 24.4 Å². The third-order valence-corrected chi connectivity index (χ3v) is 6.33. The van der Waals surface area contributed by atoms with Crippen molar-refractivity contribution in [3.8, 4) is 0 Å². The molecule has 1 aromatic rings. The van der Waals surface area contributed by atoms with Crippen molar-refractivity contribution in [1.82, 2.24) is 4.90 Å². The number of dihydropyridines is 1. The molecule has 1 aromatic carbocycles. The molecule has 4 aliphatic rings. The molecule has 0 saturated carbocycles. The number of thioether (sulfide) groups is 1.